The fourth-order valence-corrected chi connectivity index (χ4v) is 3.23. The summed E-state index contributed by atoms with van der Waals surface area (Å²) in [6.45, 7) is 6.14. The largest absolute Gasteiger partial charge is 0.313 e. The van der Waals surface area contributed by atoms with Crippen molar-refractivity contribution in [3.8, 4) is 0 Å². The number of likely N-dealkylation sites (tertiary alicyclic amines) is 1. The molecule has 0 bridgehead atoms. The molecule has 3 nitrogen and oxygen atoms in total. The van der Waals surface area contributed by atoms with Gasteiger partial charge in [0.25, 0.3) is 0 Å². The fraction of sp³-hybridized carbons (Fsp3) is 1.00. The monoisotopic (exact) mass is 225 g/mol. The van der Waals surface area contributed by atoms with Gasteiger partial charge in [-0.15, -0.1) is 0 Å². The van der Waals surface area contributed by atoms with E-state index >= 15 is 0 Å². The lowest BCUT2D eigenvalue weighted by atomic mass is 9.94. The molecule has 2 rings (SSSR count). The molecule has 1 N–H and O–H groups in total. The number of hydrogen-bond acceptors (Lipinski definition) is 3. The minimum absolute atomic E-state index is 0.676. The predicted molar refractivity (Wildman–Crippen MR) is 68.8 cm³/mol. The average molecular weight is 225 g/mol. The van der Waals surface area contributed by atoms with Crippen molar-refractivity contribution < 1.29 is 0 Å². The van der Waals surface area contributed by atoms with Crippen LogP contribution in [0.5, 0.6) is 0 Å². The number of rotatable bonds is 2. The minimum Gasteiger partial charge on any atom is -0.313 e. The molecule has 2 aliphatic heterocycles. The Bertz CT molecular complexity index is 217. The molecule has 94 valence electrons. The Morgan fingerprint density at radius 1 is 1.19 bits per heavy atom. The van der Waals surface area contributed by atoms with E-state index in [2.05, 4.69) is 36.1 Å². The molecule has 0 aliphatic carbocycles. The molecule has 3 atom stereocenters. The van der Waals surface area contributed by atoms with Crippen molar-refractivity contribution in [3.63, 3.8) is 0 Å². The Morgan fingerprint density at radius 2 is 2.00 bits per heavy atom. The van der Waals surface area contributed by atoms with E-state index in [1.165, 1.54) is 45.3 Å². The summed E-state index contributed by atoms with van der Waals surface area (Å²) in [6.07, 6.45) is 5.47. The van der Waals surface area contributed by atoms with Crippen LogP contribution in [0.4, 0.5) is 0 Å². The lowest BCUT2D eigenvalue weighted by Crippen LogP contribution is -2.57. The van der Waals surface area contributed by atoms with Gasteiger partial charge in [-0.1, -0.05) is 0 Å². The van der Waals surface area contributed by atoms with Crippen LogP contribution >= 0.6 is 0 Å². The third-order valence-electron chi connectivity index (χ3n) is 4.35. The second-order valence-electron chi connectivity index (χ2n) is 5.71. The lowest BCUT2D eigenvalue weighted by Gasteiger charge is -2.44. The first-order valence-corrected chi connectivity index (χ1v) is 6.82. The molecular formula is C13H27N3. The van der Waals surface area contributed by atoms with Gasteiger partial charge in [-0.05, 0) is 59.8 Å². The van der Waals surface area contributed by atoms with E-state index in [4.69, 9.17) is 0 Å². The van der Waals surface area contributed by atoms with Crippen molar-refractivity contribution in [2.75, 3.05) is 33.7 Å². The van der Waals surface area contributed by atoms with Gasteiger partial charge in [0.15, 0.2) is 0 Å². The number of likely N-dealkylation sites (N-methyl/N-ethyl adjacent to an activating group) is 1. The lowest BCUT2D eigenvalue weighted by molar-refractivity contribution is 0.0669. The van der Waals surface area contributed by atoms with Gasteiger partial charge in [-0.2, -0.15) is 0 Å². The minimum atomic E-state index is 0.676. The Balaban J connectivity index is 1.92. The quantitative estimate of drug-likeness (QED) is 0.760. The number of nitrogens with zero attached hydrogens (tertiary/aromatic N) is 2. The van der Waals surface area contributed by atoms with Gasteiger partial charge in [0.1, 0.15) is 0 Å². The summed E-state index contributed by atoms with van der Waals surface area (Å²) in [5, 5.41) is 3.62. The number of piperidine rings is 2. The maximum absolute atomic E-state index is 3.62. The Morgan fingerprint density at radius 3 is 2.69 bits per heavy atom. The molecule has 2 saturated heterocycles. The SMILES string of the molecule is CC1NCCCC1N1CCCC(N(C)C)C1. The van der Waals surface area contributed by atoms with E-state index in [-0.39, 0.29) is 0 Å². The van der Waals surface area contributed by atoms with E-state index in [0.29, 0.717) is 6.04 Å². The van der Waals surface area contributed by atoms with E-state index in [1.54, 1.807) is 0 Å². The smallest absolute Gasteiger partial charge is 0.0247 e. The molecule has 0 spiro atoms. The van der Waals surface area contributed by atoms with Gasteiger partial charge in [0.05, 0.1) is 0 Å². The highest BCUT2D eigenvalue weighted by Crippen LogP contribution is 2.22. The van der Waals surface area contributed by atoms with Crippen LogP contribution in [0, 0.1) is 0 Å². The van der Waals surface area contributed by atoms with Crippen molar-refractivity contribution in [1.29, 1.82) is 0 Å². The van der Waals surface area contributed by atoms with Crippen LogP contribution in [0.2, 0.25) is 0 Å². The maximum Gasteiger partial charge on any atom is 0.0247 e. The zero-order valence-electron chi connectivity index (χ0n) is 11.1. The highest BCUT2D eigenvalue weighted by Gasteiger charge is 2.31. The molecule has 0 aromatic heterocycles. The van der Waals surface area contributed by atoms with Crippen molar-refractivity contribution in [2.24, 2.45) is 0 Å². The predicted octanol–water partition coefficient (Wildman–Crippen LogP) is 1.15. The van der Waals surface area contributed by atoms with Crippen molar-refractivity contribution in [2.45, 2.75) is 50.7 Å². The average Bonchev–Trinajstić information content (AvgIpc) is 2.30. The van der Waals surface area contributed by atoms with Crippen molar-refractivity contribution in [3.05, 3.63) is 0 Å². The summed E-state index contributed by atoms with van der Waals surface area (Å²) in [5.74, 6) is 0. The zero-order chi connectivity index (χ0) is 11.5. The van der Waals surface area contributed by atoms with Gasteiger partial charge in [0, 0.05) is 24.7 Å². The van der Waals surface area contributed by atoms with E-state index < -0.39 is 0 Å². The fourth-order valence-electron chi connectivity index (χ4n) is 3.23. The standard InChI is InChI=1S/C13H27N3/c1-11-13(7-4-8-14-11)16-9-5-6-12(10-16)15(2)3/h11-14H,4-10H2,1-3H3. The van der Waals surface area contributed by atoms with Gasteiger partial charge < -0.3 is 10.2 Å². The summed E-state index contributed by atoms with van der Waals surface area (Å²) in [7, 11) is 4.44. The van der Waals surface area contributed by atoms with Crippen LogP contribution in [0.15, 0.2) is 0 Å². The summed E-state index contributed by atoms with van der Waals surface area (Å²) in [5.41, 5.74) is 0. The second kappa shape index (κ2) is 5.48. The Kier molecular flexibility index (Phi) is 4.22. The highest BCUT2D eigenvalue weighted by molar-refractivity contribution is 4.89. The van der Waals surface area contributed by atoms with Crippen molar-refractivity contribution >= 4 is 0 Å². The van der Waals surface area contributed by atoms with Crippen LogP contribution in [0.1, 0.15) is 32.6 Å². The van der Waals surface area contributed by atoms with Crippen LogP contribution in [-0.2, 0) is 0 Å². The van der Waals surface area contributed by atoms with Crippen molar-refractivity contribution in [1.82, 2.24) is 15.1 Å². The molecule has 0 aromatic carbocycles. The van der Waals surface area contributed by atoms with E-state index in [0.717, 1.165) is 12.1 Å². The Hall–Kier alpha value is -0.120. The molecule has 2 aliphatic rings. The van der Waals surface area contributed by atoms with E-state index in [9.17, 15) is 0 Å². The summed E-state index contributed by atoms with van der Waals surface area (Å²) in [4.78, 5) is 5.12. The van der Waals surface area contributed by atoms with Gasteiger partial charge in [0.2, 0.25) is 0 Å². The van der Waals surface area contributed by atoms with Gasteiger partial charge >= 0.3 is 0 Å². The van der Waals surface area contributed by atoms with Gasteiger partial charge in [-0.25, -0.2) is 0 Å². The first-order valence-electron chi connectivity index (χ1n) is 6.82. The molecule has 0 amide bonds. The van der Waals surface area contributed by atoms with Crippen LogP contribution in [0.25, 0.3) is 0 Å². The third-order valence-corrected chi connectivity index (χ3v) is 4.35. The normalized spacial score (nSPS) is 37.9. The topological polar surface area (TPSA) is 18.5 Å². The molecule has 0 radical (unpaired) electrons. The van der Waals surface area contributed by atoms with Crippen LogP contribution in [0.3, 0.4) is 0 Å². The molecule has 16 heavy (non-hydrogen) atoms. The van der Waals surface area contributed by atoms with Crippen LogP contribution in [-0.4, -0.2) is 61.7 Å². The molecule has 3 heteroatoms. The Labute approximate surface area is 100 Å². The van der Waals surface area contributed by atoms with E-state index in [1.807, 2.05) is 0 Å². The molecule has 3 unspecified atom stereocenters. The third kappa shape index (κ3) is 2.76. The number of hydrogen-bond donors (Lipinski definition) is 1. The summed E-state index contributed by atoms with van der Waals surface area (Å²) in [6, 6.07) is 2.22. The summed E-state index contributed by atoms with van der Waals surface area (Å²) >= 11 is 0. The maximum atomic E-state index is 3.62. The van der Waals surface area contributed by atoms with Crippen LogP contribution < -0.4 is 5.32 Å². The highest BCUT2D eigenvalue weighted by atomic mass is 15.2. The first kappa shape index (κ1) is 12.3. The van der Waals surface area contributed by atoms with Gasteiger partial charge in [-0.3, -0.25) is 4.90 Å². The molecule has 0 saturated carbocycles. The zero-order valence-corrected chi connectivity index (χ0v) is 11.1. The molecular weight excluding hydrogens is 198 g/mol. The summed E-state index contributed by atoms with van der Waals surface area (Å²) < 4.78 is 0. The second-order valence-corrected chi connectivity index (χ2v) is 5.71. The molecule has 2 fully saturated rings. The number of nitrogens with one attached hydrogen (secondary N) is 1. The molecule has 2 heterocycles. The first-order chi connectivity index (χ1) is 7.68. The molecule has 0 aromatic rings.